The SMILES string of the molecule is COc1ccc(CC(=O)N2CC3CC2[C@H]2C(=O)N(c4ccc(C#N)c5ncccc45)C(=O)N32)cc1OC. The van der Waals surface area contributed by atoms with Crippen LogP contribution in [-0.4, -0.2) is 71.5 Å². The molecule has 0 aliphatic carbocycles. The number of likely N-dealkylation sites (tertiary alicyclic amines) is 1. The summed E-state index contributed by atoms with van der Waals surface area (Å²) < 4.78 is 10.6. The van der Waals surface area contributed by atoms with Crippen LogP contribution in [0.15, 0.2) is 48.7 Å². The summed E-state index contributed by atoms with van der Waals surface area (Å²) in [5.41, 5.74) is 1.97. The maximum atomic E-state index is 13.7. The Kier molecular flexibility index (Phi) is 5.22. The maximum Gasteiger partial charge on any atom is 0.332 e. The molecular formula is C27H23N5O5. The highest BCUT2D eigenvalue weighted by Crippen LogP contribution is 2.44. The van der Waals surface area contributed by atoms with Gasteiger partial charge in [0.05, 0.1) is 49.5 Å². The molecule has 4 heterocycles. The average Bonchev–Trinajstić information content (AvgIpc) is 3.59. The summed E-state index contributed by atoms with van der Waals surface area (Å²) in [5, 5.41) is 10.0. The number of hydrogen-bond donors (Lipinski definition) is 0. The molecule has 3 fully saturated rings. The van der Waals surface area contributed by atoms with E-state index in [-0.39, 0.29) is 30.3 Å². The summed E-state index contributed by atoms with van der Waals surface area (Å²) in [7, 11) is 3.09. The van der Waals surface area contributed by atoms with Crippen molar-refractivity contribution in [3.05, 3.63) is 59.8 Å². The molecule has 2 bridgehead atoms. The third-order valence-electron chi connectivity index (χ3n) is 7.50. The van der Waals surface area contributed by atoms with Crippen LogP contribution in [0.5, 0.6) is 11.5 Å². The van der Waals surface area contributed by atoms with Gasteiger partial charge in [-0.3, -0.25) is 14.6 Å². The molecule has 3 saturated heterocycles. The molecule has 0 spiro atoms. The van der Waals surface area contributed by atoms with Gasteiger partial charge in [-0.15, -0.1) is 0 Å². The average molecular weight is 498 g/mol. The molecule has 10 nitrogen and oxygen atoms in total. The number of anilines is 1. The summed E-state index contributed by atoms with van der Waals surface area (Å²) in [6.07, 6.45) is 2.29. The van der Waals surface area contributed by atoms with Gasteiger partial charge in [0.1, 0.15) is 12.1 Å². The van der Waals surface area contributed by atoms with Gasteiger partial charge in [-0.2, -0.15) is 5.26 Å². The van der Waals surface area contributed by atoms with Gasteiger partial charge in [-0.05, 0) is 48.4 Å². The number of rotatable bonds is 5. The van der Waals surface area contributed by atoms with E-state index in [0.717, 1.165) is 5.56 Å². The lowest BCUT2D eigenvalue weighted by atomic mass is 10.1. The number of nitrogens with zero attached hydrogens (tertiary/aromatic N) is 5. The number of pyridine rings is 1. The van der Waals surface area contributed by atoms with E-state index >= 15 is 0 Å². The van der Waals surface area contributed by atoms with Crippen molar-refractivity contribution in [1.29, 1.82) is 5.26 Å². The van der Waals surface area contributed by atoms with Crippen LogP contribution >= 0.6 is 0 Å². The fraction of sp³-hybridized carbons (Fsp3) is 0.296. The van der Waals surface area contributed by atoms with E-state index in [4.69, 9.17) is 9.47 Å². The Labute approximate surface area is 212 Å². The molecule has 3 aliphatic rings. The van der Waals surface area contributed by atoms with Gasteiger partial charge in [-0.1, -0.05) is 6.07 Å². The first-order valence-electron chi connectivity index (χ1n) is 11.9. The minimum Gasteiger partial charge on any atom is -0.493 e. The van der Waals surface area contributed by atoms with E-state index in [1.165, 1.54) is 4.90 Å². The van der Waals surface area contributed by atoms with Crippen LogP contribution in [0.1, 0.15) is 17.5 Å². The van der Waals surface area contributed by atoms with Gasteiger partial charge in [0.2, 0.25) is 5.91 Å². The molecule has 2 unspecified atom stereocenters. The van der Waals surface area contributed by atoms with Crippen LogP contribution in [0, 0.1) is 11.3 Å². The van der Waals surface area contributed by atoms with Crippen molar-refractivity contribution in [2.45, 2.75) is 31.0 Å². The number of fused-ring (bicyclic) bond motifs is 6. The third kappa shape index (κ3) is 3.31. The normalized spacial score (nSPS) is 22.0. The number of hydrogen-bond acceptors (Lipinski definition) is 7. The predicted molar refractivity (Wildman–Crippen MR) is 132 cm³/mol. The predicted octanol–water partition coefficient (Wildman–Crippen LogP) is 2.49. The van der Waals surface area contributed by atoms with Gasteiger partial charge >= 0.3 is 6.03 Å². The Morgan fingerprint density at radius 2 is 1.95 bits per heavy atom. The minimum atomic E-state index is -0.733. The smallest absolute Gasteiger partial charge is 0.332 e. The zero-order chi connectivity index (χ0) is 25.8. The molecule has 10 heteroatoms. The first kappa shape index (κ1) is 22.8. The molecule has 3 aliphatic heterocycles. The van der Waals surface area contributed by atoms with E-state index in [2.05, 4.69) is 11.1 Å². The molecule has 3 atom stereocenters. The first-order chi connectivity index (χ1) is 18.0. The van der Waals surface area contributed by atoms with Crippen LogP contribution in [-0.2, 0) is 16.0 Å². The molecule has 3 aromatic rings. The Balaban J connectivity index is 1.27. The number of piperazine rings is 1. The first-order valence-corrected chi connectivity index (χ1v) is 11.9. The van der Waals surface area contributed by atoms with Crippen LogP contribution in [0.3, 0.4) is 0 Å². The lowest BCUT2D eigenvalue weighted by Crippen LogP contribution is -2.55. The number of benzene rings is 2. The van der Waals surface area contributed by atoms with Crippen molar-refractivity contribution in [2.24, 2.45) is 0 Å². The highest BCUT2D eigenvalue weighted by molar-refractivity contribution is 6.25. The van der Waals surface area contributed by atoms with Gasteiger partial charge in [-0.25, -0.2) is 9.69 Å². The number of urea groups is 1. The van der Waals surface area contributed by atoms with Gasteiger partial charge in [0, 0.05) is 18.1 Å². The standard InChI is InChI=1S/C27H23N5O5/c1-36-21-8-5-15(10-22(21)37-2)11-23(33)30-14-17-12-20(30)25-26(34)32(27(35)31(17)25)19-7-6-16(13-28)24-18(19)4-3-9-29-24/h3-10,17,20,25H,11-12,14H2,1-2H3/t17?,20?,25-/m0/s1. The number of ether oxygens (including phenoxy) is 2. The number of carbonyl (C=O) groups is 3. The fourth-order valence-electron chi connectivity index (χ4n) is 5.88. The molecule has 186 valence electrons. The second-order valence-electron chi connectivity index (χ2n) is 9.32. The summed E-state index contributed by atoms with van der Waals surface area (Å²) in [6, 6.07) is 12.3. The van der Waals surface area contributed by atoms with Gasteiger partial charge in [0.15, 0.2) is 11.5 Å². The molecular weight excluding hydrogens is 474 g/mol. The number of methoxy groups -OCH3 is 2. The minimum absolute atomic E-state index is 0.105. The highest BCUT2D eigenvalue weighted by Gasteiger charge is 2.62. The van der Waals surface area contributed by atoms with E-state index < -0.39 is 12.1 Å². The Morgan fingerprint density at radius 3 is 2.70 bits per heavy atom. The lowest BCUT2D eigenvalue weighted by molar-refractivity contribution is -0.135. The zero-order valence-electron chi connectivity index (χ0n) is 20.2. The van der Waals surface area contributed by atoms with Crippen LogP contribution in [0.25, 0.3) is 10.9 Å². The lowest BCUT2D eigenvalue weighted by Gasteiger charge is -2.35. The second kappa shape index (κ2) is 8.48. The van der Waals surface area contributed by atoms with Crippen molar-refractivity contribution in [3.63, 3.8) is 0 Å². The molecule has 2 aromatic carbocycles. The molecule has 0 N–H and O–H groups in total. The summed E-state index contributed by atoms with van der Waals surface area (Å²) >= 11 is 0. The van der Waals surface area contributed by atoms with Crippen LogP contribution < -0.4 is 14.4 Å². The van der Waals surface area contributed by atoms with Gasteiger partial charge < -0.3 is 19.3 Å². The zero-order valence-corrected chi connectivity index (χ0v) is 20.2. The molecule has 0 radical (unpaired) electrons. The van der Waals surface area contributed by atoms with Crippen LogP contribution in [0.2, 0.25) is 0 Å². The van der Waals surface area contributed by atoms with E-state index in [9.17, 15) is 19.6 Å². The Hall–Kier alpha value is -4.65. The summed E-state index contributed by atoms with van der Waals surface area (Å²) in [4.78, 5) is 49.3. The molecule has 37 heavy (non-hydrogen) atoms. The molecule has 4 amide bonds. The number of nitriles is 1. The van der Waals surface area contributed by atoms with Gasteiger partial charge in [0.25, 0.3) is 5.91 Å². The van der Waals surface area contributed by atoms with E-state index in [1.54, 1.807) is 66.6 Å². The van der Waals surface area contributed by atoms with Crippen molar-refractivity contribution in [3.8, 4) is 17.6 Å². The Bertz CT molecular complexity index is 1510. The number of aromatic nitrogens is 1. The number of amides is 4. The van der Waals surface area contributed by atoms with Crippen molar-refractivity contribution >= 4 is 34.4 Å². The quantitative estimate of drug-likeness (QED) is 0.497. The van der Waals surface area contributed by atoms with E-state index in [0.29, 0.717) is 46.6 Å². The topological polar surface area (TPSA) is 116 Å². The molecule has 0 saturated carbocycles. The number of carbonyl (C=O) groups excluding carboxylic acids is 3. The van der Waals surface area contributed by atoms with Crippen LogP contribution in [0.4, 0.5) is 10.5 Å². The maximum absolute atomic E-state index is 13.7. The number of imide groups is 1. The summed E-state index contributed by atoms with van der Waals surface area (Å²) in [5.74, 6) is 0.649. The van der Waals surface area contributed by atoms with Crippen molar-refractivity contribution < 1.29 is 23.9 Å². The molecule has 6 rings (SSSR count). The largest absolute Gasteiger partial charge is 0.493 e. The Morgan fingerprint density at radius 1 is 1.14 bits per heavy atom. The highest BCUT2D eigenvalue weighted by atomic mass is 16.5. The molecule has 1 aromatic heterocycles. The third-order valence-corrected chi connectivity index (χ3v) is 7.50. The fourth-order valence-corrected chi connectivity index (χ4v) is 5.88. The van der Waals surface area contributed by atoms with E-state index in [1.807, 2.05) is 6.07 Å². The second-order valence-corrected chi connectivity index (χ2v) is 9.32. The van der Waals surface area contributed by atoms with Crippen molar-refractivity contribution in [2.75, 3.05) is 25.7 Å². The summed E-state index contributed by atoms with van der Waals surface area (Å²) in [6.45, 7) is 0.385. The monoisotopic (exact) mass is 497 g/mol. The van der Waals surface area contributed by atoms with Crippen molar-refractivity contribution in [1.82, 2.24) is 14.8 Å².